The summed E-state index contributed by atoms with van der Waals surface area (Å²) in [6.45, 7) is 0. The van der Waals surface area contributed by atoms with E-state index in [-0.39, 0.29) is 0 Å². The van der Waals surface area contributed by atoms with Gasteiger partial charge in [0.05, 0.1) is 11.0 Å². The first-order valence-corrected chi connectivity index (χ1v) is 6.33. The van der Waals surface area contributed by atoms with Crippen molar-refractivity contribution in [3.8, 4) is 0 Å². The number of fused-ring (bicyclic) bond motifs is 3. The Kier molecular flexibility index (Phi) is 2.41. The summed E-state index contributed by atoms with van der Waals surface area (Å²) in [5.74, 6) is 0. The van der Waals surface area contributed by atoms with Crippen LogP contribution in [0.25, 0.3) is 21.8 Å². The smallest absolute Gasteiger partial charge is 0.0975 e. The van der Waals surface area contributed by atoms with Crippen molar-refractivity contribution in [3.05, 3.63) is 45.6 Å². The quantitative estimate of drug-likeness (QED) is 0.571. The number of aromatic nitrogens is 2. The van der Waals surface area contributed by atoms with Gasteiger partial charge in [0.1, 0.15) is 0 Å². The third-order valence-electron chi connectivity index (χ3n) is 2.47. The zero-order valence-corrected chi connectivity index (χ0v) is 11.3. The molecular formula is C12H6Br2N2. The van der Waals surface area contributed by atoms with Crippen molar-refractivity contribution in [1.29, 1.82) is 0 Å². The Hall–Kier alpha value is -1.00. The minimum absolute atomic E-state index is 0.930. The van der Waals surface area contributed by atoms with E-state index in [1.165, 1.54) is 0 Å². The van der Waals surface area contributed by atoms with Crippen LogP contribution in [0.5, 0.6) is 0 Å². The van der Waals surface area contributed by atoms with Gasteiger partial charge in [-0.2, -0.15) is 0 Å². The molecule has 0 aliphatic carbocycles. The number of nitrogens with zero attached hydrogens (tertiary/aromatic N) is 2. The second kappa shape index (κ2) is 3.79. The predicted molar refractivity (Wildman–Crippen MR) is 72.4 cm³/mol. The van der Waals surface area contributed by atoms with Crippen molar-refractivity contribution in [1.82, 2.24) is 9.97 Å². The van der Waals surface area contributed by atoms with Crippen LogP contribution in [0.4, 0.5) is 0 Å². The lowest BCUT2D eigenvalue weighted by atomic mass is 10.1. The fourth-order valence-electron chi connectivity index (χ4n) is 1.75. The van der Waals surface area contributed by atoms with Gasteiger partial charge in [-0.3, -0.25) is 9.97 Å². The Morgan fingerprint density at radius 2 is 1.81 bits per heavy atom. The first-order valence-electron chi connectivity index (χ1n) is 4.74. The van der Waals surface area contributed by atoms with E-state index < -0.39 is 0 Å². The molecule has 0 fully saturated rings. The second-order valence-corrected chi connectivity index (χ2v) is 5.25. The van der Waals surface area contributed by atoms with Crippen molar-refractivity contribution in [2.45, 2.75) is 0 Å². The largest absolute Gasteiger partial charge is 0.254 e. The Morgan fingerprint density at radius 1 is 0.938 bits per heavy atom. The molecule has 0 atom stereocenters. The molecular weight excluding hydrogens is 332 g/mol. The number of halogens is 2. The van der Waals surface area contributed by atoms with Crippen LogP contribution in [0.1, 0.15) is 0 Å². The summed E-state index contributed by atoms with van der Waals surface area (Å²) < 4.78 is 2.03. The second-order valence-electron chi connectivity index (χ2n) is 3.48. The van der Waals surface area contributed by atoms with Crippen LogP contribution in [-0.2, 0) is 0 Å². The Bertz CT molecular complexity index is 695. The molecule has 0 N–H and O–H groups in total. The number of pyridine rings is 2. The van der Waals surface area contributed by atoms with Gasteiger partial charge in [0, 0.05) is 32.1 Å². The Morgan fingerprint density at radius 3 is 2.69 bits per heavy atom. The zero-order valence-electron chi connectivity index (χ0n) is 8.11. The van der Waals surface area contributed by atoms with Crippen LogP contribution in [0, 0.1) is 0 Å². The van der Waals surface area contributed by atoms with Crippen LogP contribution < -0.4 is 0 Å². The third kappa shape index (κ3) is 1.53. The normalized spacial score (nSPS) is 11.1. The average Bonchev–Trinajstić information content (AvgIpc) is 2.28. The molecule has 0 bridgehead atoms. The summed E-state index contributed by atoms with van der Waals surface area (Å²) in [5, 5.41) is 2.18. The van der Waals surface area contributed by atoms with Crippen LogP contribution in [0.2, 0.25) is 0 Å². The molecule has 2 aromatic heterocycles. The Labute approximate surface area is 109 Å². The van der Waals surface area contributed by atoms with Gasteiger partial charge in [-0.05, 0) is 28.1 Å². The van der Waals surface area contributed by atoms with Crippen molar-refractivity contribution >= 4 is 53.7 Å². The van der Waals surface area contributed by atoms with Gasteiger partial charge in [0.15, 0.2) is 0 Å². The molecule has 2 nitrogen and oxygen atoms in total. The number of rotatable bonds is 0. The number of hydrogen-bond donors (Lipinski definition) is 0. The lowest BCUT2D eigenvalue weighted by Gasteiger charge is -2.03. The van der Waals surface area contributed by atoms with Gasteiger partial charge in [-0.25, -0.2) is 0 Å². The van der Waals surface area contributed by atoms with Crippen LogP contribution >= 0.6 is 31.9 Å². The predicted octanol–water partition coefficient (Wildman–Crippen LogP) is 4.31. The van der Waals surface area contributed by atoms with E-state index >= 15 is 0 Å². The maximum Gasteiger partial charge on any atom is 0.0975 e. The maximum atomic E-state index is 4.42. The molecule has 3 aromatic rings. The maximum absolute atomic E-state index is 4.42. The van der Waals surface area contributed by atoms with Gasteiger partial charge in [0.2, 0.25) is 0 Å². The van der Waals surface area contributed by atoms with Gasteiger partial charge >= 0.3 is 0 Å². The molecule has 3 rings (SSSR count). The van der Waals surface area contributed by atoms with E-state index in [4.69, 9.17) is 0 Å². The minimum Gasteiger partial charge on any atom is -0.254 e. The third-order valence-corrected chi connectivity index (χ3v) is 3.60. The summed E-state index contributed by atoms with van der Waals surface area (Å²) in [7, 11) is 0. The molecule has 0 radical (unpaired) electrons. The molecule has 0 saturated heterocycles. The van der Waals surface area contributed by atoms with Crippen LogP contribution in [0.3, 0.4) is 0 Å². The van der Waals surface area contributed by atoms with Crippen molar-refractivity contribution < 1.29 is 0 Å². The molecule has 0 unspecified atom stereocenters. The number of benzene rings is 1. The highest BCUT2D eigenvalue weighted by Gasteiger charge is 2.05. The van der Waals surface area contributed by atoms with Gasteiger partial charge < -0.3 is 0 Å². The van der Waals surface area contributed by atoms with E-state index in [1.807, 2.05) is 12.1 Å². The average molecular weight is 338 g/mol. The highest BCUT2D eigenvalue weighted by atomic mass is 79.9. The van der Waals surface area contributed by atoms with E-state index in [9.17, 15) is 0 Å². The molecule has 4 heteroatoms. The van der Waals surface area contributed by atoms with E-state index in [0.29, 0.717) is 0 Å². The molecule has 0 saturated carbocycles. The Balaban J connectivity index is 2.55. The summed E-state index contributed by atoms with van der Waals surface area (Å²) in [4.78, 5) is 8.81. The number of hydrogen-bond acceptors (Lipinski definition) is 2. The van der Waals surface area contributed by atoms with Crippen molar-refractivity contribution in [2.24, 2.45) is 0 Å². The summed E-state index contributed by atoms with van der Waals surface area (Å²) in [6, 6.07) is 8.10. The van der Waals surface area contributed by atoms with E-state index in [2.05, 4.69) is 54.0 Å². The monoisotopic (exact) mass is 336 g/mol. The first kappa shape index (κ1) is 10.2. The highest BCUT2D eigenvalue weighted by molar-refractivity contribution is 9.11. The summed E-state index contributed by atoms with van der Waals surface area (Å²) >= 11 is 6.94. The molecule has 1 aromatic carbocycles. The topological polar surface area (TPSA) is 25.8 Å². The minimum atomic E-state index is 0.930. The van der Waals surface area contributed by atoms with E-state index in [0.717, 1.165) is 30.8 Å². The van der Waals surface area contributed by atoms with Crippen molar-refractivity contribution in [2.75, 3.05) is 0 Å². The molecule has 0 spiro atoms. The summed E-state index contributed by atoms with van der Waals surface area (Å²) in [6.07, 6.45) is 3.58. The lowest BCUT2D eigenvalue weighted by molar-refractivity contribution is 1.36. The first-order chi connectivity index (χ1) is 7.75. The lowest BCUT2D eigenvalue weighted by Crippen LogP contribution is -1.85. The molecule has 2 heterocycles. The highest BCUT2D eigenvalue weighted by Crippen LogP contribution is 2.28. The molecule has 0 amide bonds. The van der Waals surface area contributed by atoms with Gasteiger partial charge in [0.25, 0.3) is 0 Å². The molecule has 16 heavy (non-hydrogen) atoms. The SMILES string of the molecule is Brc1cnc2c(ccc3c(Br)ccnc32)c1. The fraction of sp³-hybridized carbons (Fsp3) is 0. The standard InChI is InChI=1S/C12H6Br2N2/c13-8-5-7-1-2-9-10(14)3-4-15-12(9)11(7)16-6-8/h1-6H. The van der Waals surface area contributed by atoms with Crippen molar-refractivity contribution in [3.63, 3.8) is 0 Å². The fourth-order valence-corrected chi connectivity index (χ4v) is 2.54. The van der Waals surface area contributed by atoms with Crippen LogP contribution in [-0.4, -0.2) is 9.97 Å². The van der Waals surface area contributed by atoms with Crippen LogP contribution in [0.15, 0.2) is 45.6 Å². The summed E-state index contributed by atoms with van der Waals surface area (Å²) in [5.41, 5.74) is 1.86. The molecule has 0 aliphatic rings. The van der Waals surface area contributed by atoms with Gasteiger partial charge in [-0.15, -0.1) is 0 Å². The van der Waals surface area contributed by atoms with Gasteiger partial charge in [-0.1, -0.05) is 28.1 Å². The van der Waals surface area contributed by atoms with E-state index in [1.54, 1.807) is 12.4 Å². The zero-order chi connectivity index (χ0) is 11.1. The molecule has 78 valence electrons. The molecule has 0 aliphatic heterocycles.